The molecule has 0 bridgehead atoms. The summed E-state index contributed by atoms with van der Waals surface area (Å²) in [7, 11) is 0. The van der Waals surface area contributed by atoms with E-state index in [1.54, 1.807) is 9.58 Å². The highest BCUT2D eigenvalue weighted by Crippen LogP contribution is 2.34. The average Bonchev–Trinajstić information content (AvgIpc) is 3.19. The summed E-state index contributed by atoms with van der Waals surface area (Å²) in [5, 5.41) is 7.93. The van der Waals surface area contributed by atoms with Crippen LogP contribution in [0.15, 0.2) is 78.9 Å². The number of hydrogen-bond acceptors (Lipinski definition) is 3. The molecule has 3 aromatic carbocycles. The molecule has 0 aliphatic rings. The van der Waals surface area contributed by atoms with Gasteiger partial charge in [-0.1, -0.05) is 80.6 Å². The van der Waals surface area contributed by atoms with Gasteiger partial charge in [-0.2, -0.15) is 5.10 Å². The van der Waals surface area contributed by atoms with Crippen LogP contribution in [0, 0.1) is 26.7 Å². The number of benzene rings is 3. The first-order valence-corrected chi connectivity index (χ1v) is 12.6. The molecule has 0 fully saturated rings. The highest BCUT2D eigenvalue weighted by atomic mass is 16.2. The van der Waals surface area contributed by atoms with Crippen LogP contribution in [-0.4, -0.2) is 39.6 Å². The lowest BCUT2D eigenvalue weighted by Crippen LogP contribution is -2.40. The summed E-state index contributed by atoms with van der Waals surface area (Å²) in [6.07, 6.45) is 0. The van der Waals surface area contributed by atoms with Gasteiger partial charge in [0.1, 0.15) is 12.4 Å². The van der Waals surface area contributed by atoms with Gasteiger partial charge in [0.2, 0.25) is 5.91 Å². The number of para-hydroxylation sites is 1. The number of nitrogens with one attached hydrogen (secondary N) is 1. The predicted molar refractivity (Wildman–Crippen MR) is 149 cm³/mol. The minimum atomic E-state index is -0.269. The minimum Gasteiger partial charge on any atom is -0.329 e. The molecule has 1 heterocycles. The number of anilines is 1. The Morgan fingerprint density at radius 3 is 2.14 bits per heavy atom. The van der Waals surface area contributed by atoms with Crippen molar-refractivity contribution in [3.05, 3.63) is 101 Å². The number of hydrogen-bond donors (Lipinski definition) is 1. The van der Waals surface area contributed by atoms with Crippen molar-refractivity contribution in [1.29, 1.82) is 0 Å². The van der Waals surface area contributed by atoms with E-state index in [4.69, 9.17) is 5.10 Å². The van der Waals surface area contributed by atoms with E-state index in [1.165, 1.54) is 0 Å². The predicted octanol–water partition coefficient (Wildman–Crippen LogP) is 6.20. The van der Waals surface area contributed by atoms with E-state index in [1.807, 2.05) is 113 Å². The number of amides is 2. The fraction of sp³-hybridized carbons (Fsp3) is 0.258. The largest absolute Gasteiger partial charge is 0.329 e. The standard InChI is InChI=1S/C31H34N4O2/c1-21(2)19-34(31(37)26-17-11-9-13-22(26)3)20-28(36)32-30-29(25-15-7-6-8-16-25)24(5)33-35(30)27-18-12-10-14-23(27)4/h6-18,21H,19-20H2,1-5H3,(H,32,36). The SMILES string of the molecule is Cc1ccccc1C(=O)N(CC(=O)Nc1c(-c2ccccc2)c(C)nn1-c1ccccc1C)CC(C)C. The second kappa shape index (κ2) is 11.2. The molecule has 0 aliphatic carbocycles. The summed E-state index contributed by atoms with van der Waals surface area (Å²) in [6, 6.07) is 25.3. The van der Waals surface area contributed by atoms with Gasteiger partial charge < -0.3 is 10.2 Å². The van der Waals surface area contributed by atoms with E-state index in [9.17, 15) is 9.59 Å². The fourth-order valence-corrected chi connectivity index (χ4v) is 4.56. The smallest absolute Gasteiger partial charge is 0.254 e. The van der Waals surface area contributed by atoms with Gasteiger partial charge in [0, 0.05) is 17.7 Å². The third-order valence-corrected chi connectivity index (χ3v) is 6.31. The number of carbonyl (C=O) groups excluding carboxylic acids is 2. The molecule has 6 heteroatoms. The summed E-state index contributed by atoms with van der Waals surface area (Å²) in [4.78, 5) is 28.6. The molecule has 0 aliphatic heterocycles. The summed E-state index contributed by atoms with van der Waals surface area (Å²) < 4.78 is 1.79. The summed E-state index contributed by atoms with van der Waals surface area (Å²) >= 11 is 0. The summed E-state index contributed by atoms with van der Waals surface area (Å²) in [6.45, 7) is 10.4. The Morgan fingerprint density at radius 1 is 0.865 bits per heavy atom. The lowest BCUT2D eigenvalue weighted by atomic mass is 10.1. The molecule has 0 saturated heterocycles. The van der Waals surface area contributed by atoms with Gasteiger partial charge in [-0.05, 0) is 55.5 Å². The molecule has 4 aromatic rings. The van der Waals surface area contributed by atoms with Crippen LogP contribution >= 0.6 is 0 Å². The van der Waals surface area contributed by atoms with Gasteiger partial charge in [0.05, 0.1) is 11.4 Å². The van der Waals surface area contributed by atoms with Crippen LogP contribution in [0.3, 0.4) is 0 Å². The maximum Gasteiger partial charge on any atom is 0.254 e. The quantitative estimate of drug-likeness (QED) is 0.317. The number of aromatic nitrogens is 2. The van der Waals surface area contributed by atoms with Gasteiger partial charge in [0.25, 0.3) is 5.91 Å². The van der Waals surface area contributed by atoms with Gasteiger partial charge in [-0.15, -0.1) is 0 Å². The highest BCUT2D eigenvalue weighted by molar-refractivity contribution is 6.01. The number of aryl methyl sites for hydroxylation is 3. The van der Waals surface area contributed by atoms with Crippen LogP contribution in [-0.2, 0) is 4.79 Å². The molecular weight excluding hydrogens is 460 g/mol. The molecule has 6 nitrogen and oxygen atoms in total. The van der Waals surface area contributed by atoms with Crippen molar-refractivity contribution in [2.45, 2.75) is 34.6 Å². The van der Waals surface area contributed by atoms with E-state index in [-0.39, 0.29) is 24.3 Å². The summed E-state index contributed by atoms with van der Waals surface area (Å²) in [5.74, 6) is 0.388. The molecule has 2 amide bonds. The normalized spacial score (nSPS) is 11.0. The van der Waals surface area contributed by atoms with E-state index in [0.717, 1.165) is 33.6 Å². The molecular formula is C31H34N4O2. The molecule has 190 valence electrons. The molecule has 1 N–H and O–H groups in total. The first-order chi connectivity index (χ1) is 17.8. The van der Waals surface area contributed by atoms with Crippen molar-refractivity contribution in [3.63, 3.8) is 0 Å². The van der Waals surface area contributed by atoms with Crippen LogP contribution in [0.5, 0.6) is 0 Å². The number of nitrogens with zero attached hydrogens (tertiary/aromatic N) is 3. The van der Waals surface area contributed by atoms with Gasteiger partial charge in [-0.25, -0.2) is 4.68 Å². The van der Waals surface area contributed by atoms with Crippen molar-refractivity contribution in [2.75, 3.05) is 18.4 Å². The van der Waals surface area contributed by atoms with Crippen molar-refractivity contribution in [3.8, 4) is 16.8 Å². The van der Waals surface area contributed by atoms with Crippen molar-refractivity contribution in [2.24, 2.45) is 5.92 Å². The molecule has 0 radical (unpaired) electrons. The third-order valence-electron chi connectivity index (χ3n) is 6.31. The van der Waals surface area contributed by atoms with Crippen molar-refractivity contribution >= 4 is 17.6 Å². The Kier molecular flexibility index (Phi) is 7.87. The van der Waals surface area contributed by atoms with Crippen LogP contribution < -0.4 is 5.32 Å². The Hall–Kier alpha value is -4.19. The Morgan fingerprint density at radius 2 is 1.49 bits per heavy atom. The van der Waals surface area contributed by atoms with Gasteiger partial charge in [-0.3, -0.25) is 9.59 Å². The highest BCUT2D eigenvalue weighted by Gasteiger charge is 2.24. The maximum absolute atomic E-state index is 13.5. The zero-order valence-corrected chi connectivity index (χ0v) is 22.2. The average molecular weight is 495 g/mol. The van der Waals surface area contributed by atoms with Crippen molar-refractivity contribution in [1.82, 2.24) is 14.7 Å². The monoisotopic (exact) mass is 494 g/mol. The Balaban J connectivity index is 1.71. The van der Waals surface area contributed by atoms with Gasteiger partial charge in [0.15, 0.2) is 0 Å². The molecule has 0 spiro atoms. The number of rotatable bonds is 8. The van der Waals surface area contributed by atoms with E-state index in [0.29, 0.717) is 17.9 Å². The van der Waals surface area contributed by atoms with Crippen LogP contribution in [0.2, 0.25) is 0 Å². The minimum absolute atomic E-state index is 0.0580. The second-order valence-corrected chi connectivity index (χ2v) is 9.82. The second-order valence-electron chi connectivity index (χ2n) is 9.82. The van der Waals surface area contributed by atoms with E-state index in [2.05, 4.69) is 5.32 Å². The lowest BCUT2D eigenvalue weighted by molar-refractivity contribution is -0.117. The van der Waals surface area contributed by atoms with E-state index >= 15 is 0 Å². The van der Waals surface area contributed by atoms with Gasteiger partial charge >= 0.3 is 0 Å². The third kappa shape index (κ3) is 5.80. The molecule has 0 atom stereocenters. The van der Waals surface area contributed by atoms with Crippen molar-refractivity contribution < 1.29 is 9.59 Å². The Bertz CT molecular complexity index is 1410. The lowest BCUT2D eigenvalue weighted by Gasteiger charge is -2.25. The zero-order valence-electron chi connectivity index (χ0n) is 22.2. The number of carbonyl (C=O) groups is 2. The molecule has 0 saturated carbocycles. The topological polar surface area (TPSA) is 67.2 Å². The van der Waals surface area contributed by atoms with Crippen LogP contribution in [0.4, 0.5) is 5.82 Å². The van der Waals surface area contributed by atoms with E-state index < -0.39 is 0 Å². The first kappa shape index (κ1) is 25.9. The summed E-state index contributed by atoms with van der Waals surface area (Å²) in [5.41, 5.74) is 6.06. The molecule has 0 unspecified atom stereocenters. The van der Waals surface area contributed by atoms with Crippen LogP contribution in [0.25, 0.3) is 16.8 Å². The first-order valence-electron chi connectivity index (χ1n) is 12.6. The zero-order chi connectivity index (χ0) is 26.5. The molecule has 1 aromatic heterocycles. The molecule has 37 heavy (non-hydrogen) atoms. The maximum atomic E-state index is 13.5. The molecule has 4 rings (SSSR count). The Labute approximate surface area is 218 Å². The van der Waals surface area contributed by atoms with Crippen LogP contribution in [0.1, 0.15) is 41.0 Å². The fourth-order valence-electron chi connectivity index (χ4n) is 4.56.